The minimum absolute atomic E-state index is 0.242. The standard InChI is InChI=1S/C70H115NO13/c1-3-5-7-9-11-13-15-17-19-21-22-23-24-25-26-27-28-29-30-31-32-33-34-35-36-38-40-42-44-46-48-50-52-54-62(75)71-58(59(74)53-51-49-47-45-43-41-39-37-20-18-16-14-12-10-8-6-4-2)57-81-69-67(80)65(78)68(61(56-73)83-69)84-70-66(79)64(77)63(76)60(55-72)82-70/h5,7,11,13,17,19,22-23,25-26,28-29,31-32,34-35,38,40,43,45,51,53,58-61,63-70,72-74,76-80H,3-4,6,8-10,12,14-16,18,20-21,24,27,30,33,36-37,39,41-42,44,46-50,52,54-57H2,1-2H3,(H,71,75)/b7-5-,13-11-,19-17-,23-22-,26-25-,29-28-,32-31-,35-34-,40-38-,45-43+,53-51+. The van der Waals surface area contributed by atoms with Gasteiger partial charge in [-0.25, -0.2) is 0 Å². The number of aliphatic hydroxyl groups is 8. The molecule has 12 unspecified atom stereocenters. The van der Waals surface area contributed by atoms with E-state index in [2.05, 4.69) is 141 Å². The minimum atomic E-state index is -1.80. The van der Waals surface area contributed by atoms with Gasteiger partial charge in [0.15, 0.2) is 12.6 Å². The number of carbonyl (C=O) groups is 1. The Morgan fingerprint density at radius 3 is 1.31 bits per heavy atom. The van der Waals surface area contributed by atoms with Crippen LogP contribution < -0.4 is 5.32 Å². The first kappa shape index (κ1) is 76.2. The van der Waals surface area contributed by atoms with Crippen molar-refractivity contribution in [3.63, 3.8) is 0 Å². The van der Waals surface area contributed by atoms with Gasteiger partial charge in [0, 0.05) is 6.42 Å². The average Bonchev–Trinajstić information content (AvgIpc) is 3.17. The largest absolute Gasteiger partial charge is 0.394 e. The van der Waals surface area contributed by atoms with Crippen LogP contribution in [-0.2, 0) is 23.7 Å². The molecule has 2 aliphatic rings. The van der Waals surface area contributed by atoms with Crippen molar-refractivity contribution >= 4 is 5.91 Å². The molecule has 0 aromatic heterocycles. The summed E-state index contributed by atoms with van der Waals surface area (Å²) in [5, 5.41) is 87.2. The fourth-order valence-electron chi connectivity index (χ4n) is 9.65. The molecule has 0 aromatic rings. The summed E-state index contributed by atoms with van der Waals surface area (Å²) in [6.07, 6.45) is 62.0. The molecule has 12 atom stereocenters. The van der Waals surface area contributed by atoms with Gasteiger partial charge in [-0.05, 0) is 103 Å². The minimum Gasteiger partial charge on any atom is -0.394 e. The molecular formula is C70H115NO13. The van der Waals surface area contributed by atoms with E-state index in [9.17, 15) is 45.6 Å². The third-order valence-corrected chi connectivity index (χ3v) is 14.8. The molecule has 84 heavy (non-hydrogen) atoms. The topological polar surface area (TPSA) is 228 Å². The highest BCUT2D eigenvalue weighted by molar-refractivity contribution is 5.76. The second kappa shape index (κ2) is 53.4. The van der Waals surface area contributed by atoms with E-state index >= 15 is 0 Å². The van der Waals surface area contributed by atoms with Crippen LogP contribution in [0.3, 0.4) is 0 Å². The number of hydrogen-bond donors (Lipinski definition) is 9. The van der Waals surface area contributed by atoms with Gasteiger partial charge < -0.3 is 65.1 Å². The highest BCUT2D eigenvalue weighted by Gasteiger charge is 2.51. The smallest absolute Gasteiger partial charge is 0.220 e. The Morgan fingerprint density at radius 2 is 0.833 bits per heavy atom. The van der Waals surface area contributed by atoms with Crippen LogP contribution in [0.1, 0.15) is 206 Å². The van der Waals surface area contributed by atoms with Crippen LogP contribution in [0.25, 0.3) is 0 Å². The monoisotopic (exact) mass is 1180 g/mol. The molecule has 14 heteroatoms. The fraction of sp³-hybridized carbons (Fsp3) is 0.671. The van der Waals surface area contributed by atoms with Crippen LogP contribution in [0.5, 0.6) is 0 Å². The maximum Gasteiger partial charge on any atom is 0.220 e. The van der Waals surface area contributed by atoms with Crippen LogP contribution in [0.2, 0.25) is 0 Å². The zero-order valence-electron chi connectivity index (χ0n) is 51.6. The van der Waals surface area contributed by atoms with E-state index in [0.29, 0.717) is 12.8 Å². The first-order valence-electron chi connectivity index (χ1n) is 32.4. The number of amides is 1. The summed E-state index contributed by atoms with van der Waals surface area (Å²) in [4.78, 5) is 13.3. The van der Waals surface area contributed by atoms with Crippen molar-refractivity contribution in [2.45, 2.75) is 280 Å². The van der Waals surface area contributed by atoms with E-state index < -0.39 is 86.8 Å². The second-order valence-corrected chi connectivity index (χ2v) is 22.1. The second-order valence-electron chi connectivity index (χ2n) is 22.1. The van der Waals surface area contributed by atoms with Gasteiger partial charge in [-0.3, -0.25) is 4.79 Å². The highest BCUT2D eigenvalue weighted by atomic mass is 16.7. The van der Waals surface area contributed by atoms with Crippen LogP contribution in [0.15, 0.2) is 134 Å². The summed E-state index contributed by atoms with van der Waals surface area (Å²) < 4.78 is 22.8. The van der Waals surface area contributed by atoms with E-state index in [4.69, 9.17) is 18.9 Å². The Labute approximate surface area is 507 Å². The maximum atomic E-state index is 13.3. The molecule has 2 rings (SSSR count). The van der Waals surface area contributed by atoms with Gasteiger partial charge in [0.1, 0.15) is 48.8 Å². The zero-order valence-corrected chi connectivity index (χ0v) is 51.6. The number of nitrogens with one attached hydrogen (secondary N) is 1. The van der Waals surface area contributed by atoms with Gasteiger partial charge in [-0.1, -0.05) is 231 Å². The van der Waals surface area contributed by atoms with Gasteiger partial charge >= 0.3 is 0 Å². The Morgan fingerprint density at radius 1 is 0.440 bits per heavy atom. The van der Waals surface area contributed by atoms with Crippen LogP contribution >= 0.6 is 0 Å². The predicted molar refractivity (Wildman–Crippen MR) is 341 cm³/mol. The number of carbonyl (C=O) groups excluding carboxylic acids is 1. The SMILES string of the molecule is CC/C=C\C/C=C\C/C=C\C/C=C\C/C=C\C/C=C\C/C=C\C/C=C\C/C=C\CCCCCCCC(=O)NC(COC1OC(CO)C(OC2OC(CO)C(O)C(O)C2O)C(O)C1O)C(O)/C=C/CC/C=C/CCCCCCCCCCCCC. The summed E-state index contributed by atoms with van der Waals surface area (Å²) in [7, 11) is 0. The summed E-state index contributed by atoms with van der Waals surface area (Å²) in [6.45, 7) is 2.64. The summed E-state index contributed by atoms with van der Waals surface area (Å²) in [6, 6.07) is -0.953. The molecule has 0 saturated carbocycles. The number of ether oxygens (including phenoxy) is 4. The molecule has 0 aliphatic carbocycles. The molecule has 2 fully saturated rings. The molecule has 2 saturated heterocycles. The van der Waals surface area contributed by atoms with Crippen LogP contribution in [0, 0.1) is 0 Å². The number of hydrogen-bond acceptors (Lipinski definition) is 13. The molecule has 2 heterocycles. The Hall–Kier alpha value is -3.87. The van der Waals surface area contributed by atoms with Crippen molar-refractivity contribution < 1.29 is 64.6 Å². The Balaban J connectivity index is 1.73. The molecule has 1 amide bonds. The van der Waals surface area contributed by atoms with E-state index in [1.165, 1.54) is 70.6 Å². The van der Waals surface area contributed by atoms with Crippen molar-refractivity contribution in [2.24, 2.45) is 0 Å². The third-order valence-electron chi connectivity index (χ3n) is 14.8. The molecule has 0 aromatic carbocycles. The van der Waals surface area contributed by atoms with Crippen molar-refractivity contribution in [3.8, 4) is 0 Å². The quantitative estimate of drug-likeness (QED) is 0.0204. The predicted octanol–water partition coefficient (Wildman–Crippen LogP) is 12.3. The van der Waals surface area contributed by atoms with E-state index in [1.54, 1.807) is 6.08 Å². The summed E-state index contributed by atoms with van der Waals surface area (Å²) in [5.41, 5.74) is 0. The molecule has 9 N–H and O–H groups in total. The van der Waals surface area contributed by atoms with Crippen molar-refractivity contribution in [3.05, 3.63) is 134 Å². The first-order valence-corrected chi connectivity index (χ1v) is 32.4. The lowest BCUT2D eigenvalue weighted by Crippen LogP contribution is -2.65. The lowest BCUT2D eigenvalue weighted by atomic mass is 9.97. The van der Waals surface area contributed by atoms with E-state index in [-0.39, 0.29) is 18.9 Å². The van der Waals surface area contributed by atoms with Crippen molar-refractivity contribution in [1.29, 1.82) is 0 Å². The molecule has 14 nitrogen and oxygen atoms in total. The lowest BCUT2D eigenvalue weighted by Gasteiger charge is -2.46. The fourth-order valence-corrected chi connectivity index (χ4v) is 9.65. The Kier molecular flexibility index (Phi) is 48.4. The number of allylic oxidation sites excluding steroid dienone is 21. The molecule has 0 radical (unpaired) electrons. The zero-order chi connectivity index (χ0) is 60.9. The van der Waals surface area contributed by atoms with Crippen molar-refractivity contribution in [2.75, 3.05) is 19.8 Å². The van der Waals surface area contributed by atoms with Gasteiger partial charge in [0.25, 0.3) is 0 Å². The molecule has 478 valence electrons. The van der Waals surface area contributed by atoms with Gasteiger partial charge in [0.05, 0.1) is 32.0 Å². The van der Waals surface area contributed by atoms with Gasteiger partial charge in [-0.2, -0.15) is 0 Å². The number of unbranched alkanes of at least 4 members (excludes halogenated alkanes) is 17. The van der Waals surface area contributed by atoms with E-state index in [1.807, 2.05) is 6.08 Å². The molecule has 0 spiro atoms. The number of aliphatic hydroxyl groups excluding tert-OH is 8. The van der Waals surface area contributed by atoms with E-state index in [0.717, 1.165) is 103 Å². The first-order chi connectivity index (χ1) is 41.1. The van der Waals surface area contributed by atoms with Crippen LogP contribution in [0.4, 0.5) is 0 Å². The summed E-state index contributed by atoms with van der Waals surface area (Å²) in [5.74, 6) is -0.274. The van der Waals surface area contributed by atoms with Crippen LogP contribution in [-0.4, -0.2) is 140 Å². The normalized spacial score (nSPS) is 24.6. The maximum absolute atomic E-state index is 13.3. The number of rotatable bonds is 50. The van der Waals surface area contributed by atoms with Gasteiger partial charge in [-0.15, -0.1) is 0 Å². The lowest BCUT2D eigenvalue weighted by molar-refractivity contribution is -0.359. The van der Waals surface area contributed by atoms with Crippen molar-refractivity contribution in [1.82, 2.24) is 5.32 Å². The molecular weight excluding hydrogens is 1060 g/mol. The van der Waals surface area contributed by atoms with Gasteiger partial charge in [0.2, 0.25) is 5.91 Å². The summed E-state index contributed by atoms with van der Waals surface area (Å²) >= 11 is 0. The molecule has 0 bridgehead atoms. The molecule has 2 aliphatic heterocycles. The average molecular weight is 1180 g/mol. The highest BCUT2D eigenvalue weighted by Crippen LogP contribution is 2.30. The Bertz CT molecular complexity index is 1920. The third kappa shape index (κ3) is 37.6.